The van der Waals surface area contributed by atoms with Gasteiger partial charge in [-0.1, -0.05) is 0 Å². The molecule has 2 heterocycles. The molecule has 1 aromatic heterocycles. The lowest BCUT2D eigenvalue weighted by atomic mass is 9.88. The lowest BCUT2D eigenvalue weighted by Crippen LogP contribution is -2.40. The summed E-state index contributed by atoms with van der Waals surface area (Å²) in [4.78, 5) is 25.6. The summed E-state index contributed by atoms with van der Waals surface area (Å²) in [6, 6.07) is 7.54. The number of carbonyl (C=O) groups is 2. The molecule has 1 aliphatic heterocycles. The van der Waals surface area contributed by atoms with Gasteiger partial charge >= 0.3 is 6.09 Å². The number of aromatic nitrogens is 2. The normalized spacial score (nSPS) is 15.2. The van der Waals surface area contributed by atoms with Gasteiger partial charge in [0.15, 0.2) is 5.82 Å². The Morgan fingerprint density at radius 1 is 1.35 bits per heavy atom. The highest BCUT2D eigenvalue weighted by atomic mass is 19.1. The SMILES string of the molecule is CCOC(=O)N1CCC(C(CC#N)n2cc(C(N)=O)c(Nc3ccc(F)cc3)n2)CC1. The second-order valence-electron chi connectivity index (χ2n) is 7.32. The summed E-state index contributed by atoms with van der Waals surface area (Å²) in [5.41, 5.74) is 6.25. The molecule has 10 heteroatoms. The summed E-state index contributed by atoms with van der Waals surface area (Å²) in [6.45, 7) is 3.13. The van der Waals surface area contributed by atoms with E-state index >= 15 is 0 Å². The van der Waals surface area contributed by atoms with Crippen LogP contribution >= 0.6 is 0 Å². The molecule has 1 atom stereocenters. The van der Waals surface area contributed by atoms with Crippen molar-refractivity contribution in [3.63, 3.8) is 0 Å². The molecule has 0 aliphatic carbocycles. The van der Waals surface area contributed by atoms with Gasteiger partial charge in [0.2, 0.25) is 0 Å². The first kappa shape index (κ1) is 22.1. The van der Waals surface area contributed by atoms with Crippen LogP contribution in [0, 0.1) is 23.1 Å². The van der Waals surface area contributed by atoms with Crippen molar-refractivity contribution in [3.05, 3.63) is 41.8 Å². The van der Waals surface area contributed by atoms with Crippen LogP contribution in [-0.2, 0) is 4.74 Å². The Labute approximate surface area is 179 Å². The fourth-order valence-corrected chi connectivity index (χ4v) is 3.76. The number of anilines is 2. The van der Waals surface area contributed by atoms with Crippen molar-refractivity contribution >= 4 is 23.5 Å². The number of nitrogens with two attached hydrogens (primary N) is 1. The Morgan fingerprint density at radius 2 is 2.03 bits per heavy atom. The van der Waals surface area contributed by atoms with Crippen molar-refractivity contribution in [2.75, 3.05) is 25.0 Å². The number of piperidine rings is 1. The summed E-state index contributed by atoms with van der Waals surface area (Å²) >= 11 is 0. The van der Waals surface area contributed by atoms with Crippen LogP contribution < -0.4 is 11.1 Å². The molecule has 1 saturated heterocycles. The van der Waals surface area contributed by atoms with Gasteiger partial charge in [0, 0.05) is 25.0 Å². The molecule has 3 N–H and O–H groups in total. The number of primary amides is 1. The zero-order chi connectivity index (χ0) is 22.4. The average molecular weight is 428 g/mol. The van der Waals surface area contributed by atoms with E-state index in [1.807, 2.05) is 0 Å². The Hall–Kier alpha value is -3.61. The lowest BCUT2D eigenvalue weighted by molar-refractivity contribution is 0.0839. The van der Waals surface area contributed by atoms with Crippen LogP contribution in [-0.4, -0.2) is 46.4 Å². The molecule has 0 spiro atoms. The number of amides is 2. The maximum absolute atomic E-state index is 13.2. The van der Waals surface area contributed by atoms with Crippen molar-refractivity contribution in [1.82, 2.24) is 14.7 Å². The van der Waals surface area contributed by atoms with Crippen molar-refractivity contribution in [3.8, 4) is 6.07 Å². The fraction of sp³-hybridized carbons (Fsp3) is 0.429. The highest BCUT2D eigenvalue weighted by molar-refractivity contribution is 5.98. The van der Waals surface area contributed by atoms with Crippen molar-refractivity contribution < 1.29 is 18.7 Å². The molecule has 3 rings (SSSR count). The van der Waals surface area contributed by atoms with Crippen LogP contribution in [0.4, 0.5) is 20.7 Å². The third kappa shape index (κ3) is 5.31. The number of benzene rings is 1. The highest BCUT2D eigenvalue weighted by Crippen LogP contribution is 2.32. The predicted octanol–water partition coefficient (Wildman–Crippen LogP) is 3.19. The zero-order valence-electron chi connectivity index (χ0n) is 17.3. The first-order valence-corrected chi connectivity index (χ1v) is 10.1. The van der Waals surface area contributed by atoms with Gasteiger partial charge in [-0.2, -0.15) is 10.4 Å². The molecule has 164 valence electrons. The second kappa shape index (κ2) is 9.93. The summed E-state index contributed by atoms with van der Waals surface area (Å²) < 4.78 is 19.8. The number of hydrogen-bond donors (Lipinski definition) is 2. The first-order valence-electron chi connectivity index (χ1n) is 10.1. The summed E-state index contributed by atoms with van der Waals surface area (Å²) in [5.74, 6) is -0.714. The van der Waals surface area contributed by atoms with Gasteiger partial charge < -0.3 is 20.7 Å². The molecule has 1 aromatic carbocycles. The number of nitrogens with zero attached hydrogens (tertiary/aromatic N) is 4. The van der Waals surface area contributed by atoms with Crippen LogP contribution in [0.2, 0.25) is 0 Å². The largest absolute Gasteiger partial charge is 0.450 e. The van der Waals surface area contributed by atoms with E-state index in [4.69, 9.17) is 10.5 Å². The van der Waals surface area contributed by atoms with Crippen molar-refractivity contribution in [2.45, 2.75) is 32.2 Å². The molecular formula is C21H25FN6O3. The standard InChI is InChI=1S/C21H25FN6O3/c1-2-31-21(30)27-11-8-14(9-12-27)18(7-10-23)28-13-17(19(24)29)20(26-28)25-16-5-3-15(22)4-6-16/h3-6,13-14,18H,2,7-9,11-12H2,1H3,(H2,24,29)(H,25,26). The highest BCUT2D eigenvalue weighted by Gasteiger charge is 2.31. The smallest absolute Gasteiger partial charge is 0.409 e. The Morgan fingerprint density at radius 3 is 2.61 bits per heavy atom. The van der Waals surface area contributed by atoms with Gasteiger partial charge in [-0.05, 0) is 49.9 Å². The second-order valence-corrected chi connectivity index (χ2v) is 7.32. The van der Waals surface area contributed by atoms with E-state index in [2.05, 4.69) is 16.5 Å². The molecule has 0 radical (unpaired) electrons. The molecule has 2 aromatic rings. The average Bonchev–Trinajstić information content (AvgIpc) is 3.18. The van der Waals surface area contributed by atoms with E-state index in [1.54, 1.807) is 16.5 Å². The van der Waals surface area contributed by atoms with Crippen LogP contribution in [0.3, 0.4) is 0 Å². The molecule has 1 unspecified atom stereocenters. The summed E-state index contributed by atoms with van der Waals surface area (Å²) in [5, 5.41) is 16.8. The third-order valence-corrected chi connectivity index (χ3v) is 5.35. The number of nitrogens with one attached hydrogen (secondary N) is 1. The number of carbonyl (C=O) groups excluding carboxylic acids is 2. The van der Waals surface area contributed by atoms with Gasteiger partial charge in [-0.3, -0.25) is 9.48 Å². The fourth-order valence-electron chi connectivity index (χ4n) is 3.76. The van der Waals surface area contributed by atoms with E-state index in [1.165, 1.54) is 30.5 Å². The third-order valence-electron chi connectivity index (χ3n) is 5.35. The first-order chi connectivity index (χ1) is 14.9. The minimum atomic E-state index is -0.663. The number of rotatable bonds is 7. The van der Waals surface area contributed by atoms with Crippen LogP contribution in [0.1, 0.15) is 42.6 Å². The summed E-state index contributed by atoms with van der Waals surface area (Å²) in [6.07, 6.45) is 2.75. The van der Waals surface area contributed by atoms with Gasteiger partial charge in [0.05, 0.1) is 25.1 Å². The minimum absolute atomic E-state index is 0.0876. The molecule has 1 aliphatic rings. The van der Waals surface area contributed by atoms with Crippen molar-refractivity contribution in [1.29, 1.82) is 5.26 Å². The lowest BCUT2D eigenvalue weighted by Gasteiger charge is -2.34. The van der Waals surface area contributed by atoms with Crippen LogP contribution in [0.15, 0.2) is 30.5 Å². The topological polar surface area (TPSA) is 126 Å². The quantitative estimate of drug-likeness (QED) is 0.697. The van der Waals surface area contributed by atoms with E-state index in [-0.39, 0.29) is 41.7 Å². The summed E-state index contributed by atoms with van der Waals surface area (Å²) in [7, 11) is 0. The predicted molar refractivity (Wildman–Crippen MR) is 111 cm³/mol. The van der Waals surface area contributed by atoms with E-state index in [9.17, 15) is 19.2 Å². The monoisotopic (exact) mass is 428 g/mol. The number of halogens is 1. The maximum atomic E-state index is 13.2. The van der Waals surface area contributed by atoms with Gasteiger partial charge in [0.1, 0.15) is 11.4 Å². The van der Waals surface area contributed by atoms with Crippen LogP contribution in [0.5, 0.6) is 0 Å². The Bertz CT molecular complexity index is 960. The zero-order valence-corrected chi connectivity index (χ0v) is 17.3. The van der Waals surface area contributed by atoms with Crippen molar-refractivity contribution in [2.24, 2.45) is 11.7 Å². The molecule has 0 saturated carbocycles. The number of hydrogen-bond acceptors (Lipinski definition) is 6. The van der Waals surface area contributed by atoms with Gasteiger partial charge in [-0.25, -0.2) is 9.18 Å². The maximum Gasteiger partial charge on any atom is 0.409 e. The number of ether oxygens (including phenoxy) is 1. The Kier molecular flexibility index (Phi) is 7.07. The molecular weight excluding hydrogens is 403 g/mol. The van der Waals surface area contributed by atoms with E-state index in [0.29, 0.717) is 38.2 Å². The number of likely N-dealkylation sites (tertiary alicyclic amines) is 1. The Balaban J connectivity index is 1.80. The molecule has 31 heavy (non-hydrogen) atoms. The van der Waals surface area contributed by atoms with Gasteiger partial charge in [0.25, 0.3) is 5.91 Å². The van der Waals surface area contributed by atoms with E-state index in [0.717, 1.165) is 0 Å². The molecule has 2 amide bonds. The van der Waals surface area contributed by atoms with Gasteiger partial charge in [-0.15, -0.1) is 0 Å². The molecule has 0 bridgehead atoms. The van der Waals surface area contributed by atoms with Crippen LogP contribution in [0.25, 0.3) is 0 Å². The molecule has 9 nitrogen and oxygen atoms in total. The molecule has 1 fully saturated rings. The van der Waals surface area contributed by atoms with E-state index < -0.39 is 5.91 Å². The minimum Gasteiger partial charge on any atom is -0.450 e. The number of nitriles is 1.